The predicted molar refractivity (Wildman–Crippen MR) is 126 cm³/mol. The Morgan fingerprint density at radius 1 is 1.09 bits per heavy atom. The lowest BCUT2D eigenvalue weighted by atomic mass is 9.95. The van der Waals surface area contributed by atoms with Crippen molar-refractivity contribution in [2.75, 3.05) is 25.0 Å². The highest BCUT2D eigenvalue weighted by Crippen LogP contribution is 2.44. The van der Waals surface area contributed by atoms with Crippen molar-refractivity contribution in [2.45, 2.75) is 25.2 Å². The SMILES string of the molecule is O=C(O)CC1CCCN(C(=O)c2nc(NC(=O)OCC3c4ccccc4-c4ccccc43)n[nH]2)C1. The summed E-state index contributed by atoms with van der Waals surface area (Å²) in [7, 11) is 0. The van der Waals surface area contributed by atoms with Crippen molar-refractivity contribution in [1.29, 1.82) is 0 Å². The van der Waals surface area contributed by atoms with Gasteiger partial charge in [-0.05, 0) is 41.0 Å². The minimum Gasteiger partial charge on any atom is -0.481 e. The molecule has 2 heterocycles. The molecule has 3 aromatic rings. The number of piperidine rings is 1. The highest BCUT2D eigenvalue weighted by atomic mass is 16.5. The van der Waals surface area contributed by atoms with Crippen molar-refractivity contribution >= 4 is 23.9 Å². The summed E-state index contributed by atoms with van der Waals surface area (Å²) in [6, 6.07) is 16.1. The average molecular weight is 476 g/mol. The predicted octanol–water partition coefficient (Wildman–Crippen LogP) is 3.49. The van der Waals surface area contributed by atoms with Gasteiger partial charge in [-0.15, -0.1) is 5.10 Å². The Morgan fingerprint density at radius 3 is 2.46 bits per heavy atom. The number of H-pyrrole nitrogens is 1. The van der Waals surface area contributed by atoms with Crippen LogP contribution in [0.15, 0.2) is 48.5 Å². The standard InChI is InChI=1S/C25H25N5O5/c31-21(32)12-15-6-5-11-30(13-15)23(33)22-26-24(29-28-22)27-25(34)35-14-20-18-9-3-1-7-16(18)17-8-2-4-10-19(17)20/h1-4,7-10,15,20H,5-6,11-14H2,(H,31,32)(H2,26,27,28,29,34). The number of carboxylic acids is 1. The molecule has 0 bridgehead atoms. The molecule has 10 heteroatoms. The number of hydrogen-bond donors (Lipinski definition) is 3. The maximum atomic E-state index is 12.8. The Morgan fingerprint density at radius 2 is 1.77 bits per heavy atom. The summed E-state index contributed by atoms with van der Waals surface area (Å²) >= 11 is 0. The molecule has 1 aliphatic heterocycles. The van der Waals surface area contributed by atoms with E-state index in [1.807, 2.05) is 36.4 Å². The van der Waals surface area contributed by atoms with Gasteiger partial charge in [-0.25, -0.2) is 4.79 Å². The number of aromatic amines is 1. The summed E-state index contributed by atoms with van der Waals surface area (Å²) in [6.45, 7) is 1.01. The molecule has 5 rings (SSSR count). The van der Waals surface area contributed by atoms with E-state index in [9.17, 15) is 14.4 Å². The van der Waals surface area contributed by atoms with E-state index >= 15 is 0 Å². The molecule has 1 aromatic heterocycles. The van der Waals surface area contributed by atoms with E-state index < -0.39 is 12.1 Å². The number of carbonyl (C=O) groups excluding carboxylic acids is 2. The normalized spacial score (nSPS) is 16.9. The Balaban J connectivity index is 1.19. The smallest absolute Gasteiger partial charge is 0.414 e. The van der Waals surface area contributed by atoms with Crippen LogP contribution in [0.5, 0.6) is 0 Å². The number of likely N-dealkylation sites (tertiary alicyclic amines) is 1. The zero-order chi connectivity index (χ0) is 24.4. The lowest BCUT2D eigenvalue weighted by molar-refractivity contribution is -0.138. The highest BCUT2D eigenvalue weighted by Gasteiger charge is 2.30. The van der Waals surface area contributed by atoms with Crippen molar-refractivity contribution in [1.82, 2.24) is 20.1 Å². The first kappa shape index (κ1) is 22.6. The minimum absolute atomic E-state index is 0.0186. The van der Waals surface area contributed by atoms with E-state index in [1.54, 1.807) is 4.90 Å². The van der Waals surface area contributed by atoms with Gasteiger partial charge in [0.05, 0.1) is 0 Å². The molecule has 3 N–H and O–H groups in total. The molecular formula is C25H25N5O5. The van der Waals surface area contributed by atoms with Gasteiger partial charge in [0.25, 0.3) is 11.9 Å². The van der Waals surface area contributed by atoms with Crippen molar-refractivity contribution < 1.29 is 24.2 Å². The molecule has 2 aromatic carbocycles. The van der Waals surface area contributed by atoms with Gasteiger partial charge >= 0.3 is 12.1 Å². The van der Waals surface area contributed by atoms with Gasteiger partial charge in [-0.1, -0.05) is 48.5 Å². The van der Waals surface area contributed by atoms with Crippen LogP contribution in [-0.4, -0.2) is 62.9 Å². The number of fused-ring (bicyclic) bond motifs is 3. The number of ether oxygens (including phenoxy) is 1. The highest BCUT2D eigenvalue weighted by molar-refractivity contribution is 5.91. The van der Waals surface area contributed by atoms with Crippen LogP contribution < -0.4 is 5.32 Å². The van der Waals surface area contributed by atoms with Crippen molar-refractivity contribution in [3.8, 4) is 11.1 Å². The molecular weight excluding hydrogens is 450 g/mol. The molecule has 1 fully saturated rings. The average Bonchev–Trinajstić information content (AvgIpc) is 3.45. The number of anilines is 1. The molecule has 0 radical (unpaired) electrons. The van der Waals surface area contributed by atoms with Crippen LogP contribution in [-0.2, 0) is 9.53 Å². The summed E-state index contributed by atoms with van der Waals surface area (Å²) in [4.78, 5) is 41.8. The Labute approximate surface area is 201 Å². The van der Waals surface area contributed by atoms with Crippen LogP contribution in [0.3, 0.4) is 0 Å². The fourth-order valence-electron chi connectivity index (χ4n) is 4.95. The molecule has 180 valence electrons. The number of aliphatic carboxylic acids is 1. The van der Waals surface area contributed by atoms with Gasteiger partial charge in [0, 0.05) is 25.4 Å². The Bertz CT molecular complexity index is 1230. The number of rotatable bonds is 6. The van der Waals surface area contributed by atoms with Gasteiger partial charge in [0.2, 0.25) is 5.82 Å². The number of benzene rings is 2. The summed E-state index contributed by atoms with van der Waals surface area (Å²) in [5, 5.41) is 17.9. The fourth-order valence-corrected chi connectivity index (χ4v) is 4.95. The summed E-state index contributed by atoms with van der Waals surface area (Å²) in [5.74, 6) is -1.51. The largest absolute Gasteiger partial charge is 0.481 e. The second-order valence-electron chi connectivity index (χ2n) is 8.82. The van der Waals surface area contributed by atoms with Crippen LogP contribution in [0.1, 0.15) is 46.9 Å². The summed E-state index contributed by atoms with van der Waals surface area (Å²) in [5.41, 5.74) is 4.49. The molecule has 1 saturated heterocycles. The molecule has 0 spiro atoms. The fraction of sp³-hybridized carbons (Fsp3) is 0.320. The van der Waals surface area contributed by atoms with Crippen LogP contribution in [0, 0.1) is 5.92 Å². The third kappa shape index (κ3) is 4.72. The van der Waals surface area contributed by atoms with Gasteiger partial charge in [-0.3, -0.25) is 20.0 Å². The lowest BCUT2D eigenvalue weighted by Crippen LogP contribution is -2.41. The van der Waals surface area contributed by atoms with Gasteiger partial charge < -0.3 is 14.7 Å². The topological polar surface area (TPSA) is 138 Å². The number of aromatic nitrogens is 3. The summed E-state index contributed by atoms with van der Waals surface area (Å²) in [6.07, 6.45) is 0.794. The zero-order valence-corrected chi connectivity index (χ0v) is 18.9. The second-order valence-corrected chi connectivity index (χ2v) is 8.82. The van der Waals surface area contributed by atoms with Crippen molar-refractivity contribution in [2.24, 2.45) is 5.92 Å². The van der Waals surface area contributed by atoms with Gasteiger partial charge in [-0.2, -0.15) is 4.98 Å². The molecule has 35 heavy (non-hydrogen) atoms. The first-order chi connectivity index (χ1) is 17.0. The van der Waals surface area contributed by atoms with E-state index in [0.29, 0.717) is 13.1 Å². The maximum absolute atomic E-state index is 12.8. The summed E-state index contributed by atoms with van der Waals surface area (Å²) < 4.78 is 5.49. The van der Waals surface area contributed by atoms with Crippen LogP contribution in [0.4, 0.5) is 10.7 Å². The Hall–Kier alpha value is -4.21. The van der Waals surface area contributed by atoms with E-state index in [0.717, 1.165) is 35.1 Å². The molecule has 2 amide bonds. The van der Waals surface area contributed by atoms with Crippen LogP contribution >= 0.6 is 0 Å². The van der Waals surface area contributed by atoms with E-state index in [1.165, 1.54) is 0 Å². The zero-order valence-electron chi connectivity index (χ0n) is 18.9. The minimum atomic E-state index is -0.876. The first-order valence-corrected chi connectivity index (χ1v) is 11.5. The third-order valence-corrected chi connectivity index (χ3v) is 6.52. The molecule has 10 nitrogen and oxygen atoms in total. The number of nitrogens with zero attached hydrogens (tertiary/aromatic N) is 3. The van der Waals surface area contributed by atoms with E-state index in [2.05, 4.69) is 32.6 Å². The number of nitrogens with one attached hydrogen (secondary N) is 2. The molecule has 1 aliphatic carbocycles. The monoisotopic (exact) mass is 475 g/mol. The van der Waals surface area contributed by atoms with Gasteiger partial charge in [0.15, 0.2) is 0 Å². The van der Waals surface area contributed by atoms with Crippen molar-refractivity contribution in [3.63, 3.8) is 0 Å². The van der Waals surface area contributed by atoms with Gasteiger partial charge in [0.1, 0.15) is 6.61 Å². The van der Waals surface area contributed by atoms with Crippen LogP contribution in [0.2, 0.25) is 0 Å². The van der Waals surface area contributed by atoms with E-state index in [4.69, 9.17) is 9.84 Å². The second kappa shape index (κ2) is 9.57. The Kier molecular flexibility index (Phi) is 6.17. The maximum Gasteiger partial charge on any atom is 0.414 e. The van der Waals surface area contributed by atoms with E-state index in [-0.39, 0.29) is 42.5 Å². The number of hydrogen-bond acceptors (Lipinski definition) is 6. The number of carboxylic acid groups (broad SMARTS) is 1. The molecule has 1 unspecified atom stereocenters. The molecule has 2 aliphatic rings. The van der Waals surface area contributed by atoms with Crippen molar-refractivity contribution in [3.05, 3.63) is 65.5 Å². The lowest BCUT2D eigenvalue weighted by Gasteiger charge is -2.31. The van der Waals surface area contributed by atoms with Crippen LogP contribution in [0.25, 0.3) is 11.1 Å². The first-order valence-electron chi connectivity index (χ1n) is 11.5. The third-order valence-electron chi connectivity index (χ3n) is 6.52. The molecule has 1 atom stereocenters. The number of amides is 2. The quantitative estimate of drug-likeness (QED) is 0.496. The molecule has 0 saturated carbocycles. The number of carbonyl (C=O) groups is 3.